The molecule has 0 unspecified atom stereocenters. The van der Waals surface area contributed by atoms with E-state index < -0.39 is 0 Å². The van der Waals surface area contributed by atoms with Crippen LogP contribution in [0.3, 0.4) is 0 Å². The molecular formula is C25H27N3O2. The zero-order chi connectivity index (χ0) is 20.8. The number of aromatic nitrogens is 1. The molecule has 0 radical (unpaired) electrons. The first kappa shape index (κ1) is 20.1. The van der Waals surface area contributed by atoms with Gasteiger partial charge < -0.3 is 9.64 Å². The molecular weight excluding hydrogens is 374 g/mol. The van der Waals surface area contributed by atoms with Crippen molar-refractivity contribution in [1.82, 2.24) is 14.8 Å². The molecule has 30 heavy (non-hydrogen) atoms. The Morgan fingerprint density at radius 1 is 0.967 bits per heavy atom. The second-order valence-electron chi connectivity index (χ2n) is 7.73. The van der Waals surface area contributed by atoms with Gasteiger partial charge in [-0.15, -0.1) is 0 Å². The highest BCUT2D eigenvalue weighted by molar-refractivity contribution is 5.94. The smallest absolute Gasteiger partial charge is 0.253 e. The Morgan fingerprint density at radius 3 is 2.43 bits per heavy atom. The molecule has 0 saturated carbocycles. The number of nitrogens with zero attached hydrogens (tertiary/aromatic N) is 3. The van der Waals surface area contributed by atoms with Gasteiger partial charge in [-0.05, 0) is 42.8 Å². The maximum Gasteiger partial charge on any atom is 0.253 e. The van der Waals surface area contributed by atoms with Gasteiger partial charge in [0.15, 0.2) is 0 Å². The number of hydrogen-bond donors (Lipinski definition) is 0. The standard InChI is InChI=1S/C25H27N3O2/c1-20-4-2-5-21(16-20)18-27-12-14-28(15-13-27)25(29)23-7-9-24(10-8-23)30-19-22-6-3-11-26-17-22/h2-11,16-17H,12-15,18-19H2,1H3. The van der Waals surface area contributed by atoms with Gasteiger partial charge in [-0.2, -0.15) is 0 Å². The van der Waals surface area contributed by atoms with E-state index in [4.69, 9.17) is 4.74 Å². The first-order valence-electron chi connectivity index (χ1n) is 10.4. The number of piperazine rings is 1. The van der Waals surface area contributed by atoms with Gasteiger partial charge in [0.25, 0.3) is 5.91 Å². The van der Waals surface area contributed by atoms with Crippen LogP contribution < -0.4 is 4.74 Å². The molecule has 0 spiro atoms. The summed E-state index contributed by atoms with van der Waals surface area (Å²) in [7, 11) is 0. The molecule has 1 fully saturated rings. The summed E-state index contributed by atoms with van der Waals surface area (Å²) >= 11 is 0. The van der Waals surface area contributed by atoms with Crippen molar-refractivity contribution >= 4 is 5.91 Å². The van der Waals surface area contributed by atoms with Crippen LogP contribution in [0.15, 0.2) is 73.1 Å². The number of carbonyl (C=O) groups is 1. The van der Waals surface area contributed by atoms with Crippen LogP contribution in [0.5, 0.6) is 5.75 Å². The fraction of sp³-hybridized carbons (Fsp3) is 0.280. The Morgan fingerprint density at radius 2 is 1.73 bits per heavy atom. The number of aryl methyl sites for hydroxylation is 1. The van der Waals surface area contributed by atoms with Crippen LogP contribution in [-0.4, -0.2) is 46.9 Å². The van der Waals surface area contributed by atoms with Gasteiger partial charge in [0.2, 0.25) is 0 Å². The van der Waals surface area contributed by atoms with E-state index in [0.29, 0.717) is 12.2 Å². The van der Waals surface area contributed by atoms with Crippen LogP contribution in [0.25, 0.3) is 0 Å². The van der Waals surface area contributed by atoms with Crippen molar-refractivity contribution in [2.75, 3.05) is 26.2 Å². The highest BCUT2D eigenvalue weighted by Gasteiger charge is 2.22. The van der Waals surface area contributed by atoms with E-state index in [1.165, 1.54) is 11.1 Å². The van der Waals surface area contributed by atoms with E-state index in [2.05, 4.69) is 41.1 Å². The number of carbonyl (C=O) groups excluding carboxylic acids is 1. The second kappa shape index (κ2) is 9.55. The molecule has 4 rings (SSSR count). The third kappa shape index (κ3) is 5.24. The number of pyridine rings is 1. The molecule has 1 aliphatic heterocycles. The average Bonchev–Trinajstić information content (AvgIpc) is 2.79. The first-order valence-corrected chi connectivity index (χ1v) is 10.4. The van der Waals surface area contributed by atoms with Crippen LogP contribution in [0.4, 0.5) is 0 Å². The summed E-state index contributed by atoms with van der Waals surface area (Å²) in [5.74, 6) is 0.836. The molecule has 5 nitrogen and oxygen atoms in total. The molecule has 0 bridgehead atoms. The summed E-state index contributed by atoms with van der Waals surface area (Å²) < 4.78 is 5.78. The van der Waals surface area contributed by atoms with Crippen molar-refractivity contribution in [3.63, 3.8) is 0 Å². The SMILES string of the molecule is Cc1cccc(CN2CCN(C(=O)c3ccc(OCc4cccnc4)cc3)CC2)c1. The molecule has 0 atom stereocenters. The van der Waals surface area contributed by atoms with Crippen LogP contribution in [0.2, 0.25) is 0 Å². The molecule has 0 N–H and O–H groups in total. The van der Waals surface area contributed by atoms with Gasteiger partial charge in [-0.1, -0.05) is 35.9 Å². The maximum atomic E-state index is 12.9. The minimum absolute atomic E-state index is 0.0871. The summed E-state index contributed by atoms with van der Waals surface area (Å²) in [6.07, 6.45) is 3.53. The number of ether oxygens (including phenoxy) is 1. The van der Waals surface area contributed by atoms with Gasteiger partial charge in [0.1, 0.15) is 12.4 Å². The van der Waals surface area contributed by atoms with Crippen molar-refractivity contribution < 1.29 is 9.53 Å². The van der Waals surface area contributed by atoms with Crippen molar-refractivity contribution in [2.24, 2.45) is 0 Å². The average molecular weight is 402 g/mol. The van der Waals surface area contributed by atoms with Gasteiger partial charge in [-0.3, -0.25) is 14.7 Å². The maximum absolute atomic E-state index is 12.9. The Hall–Kier alpha value is -3.18. The Balaban J connectivity index is 1.27. The minimum Gasteiger partial charge on any atom is -0.489 e. The fourth-order valence-corrected chi connectivity index (χ4v) is 3.70. The molecule has 2 aromatic carbocycles. The quantitative estimate of drug-likeness (QED) is 0.628. The lowest BCUT2D eigenvalue weighted by molar-refractivity contribution is 0.0628. The molecule has 1 saturated heterocycles. The normalized spacial score (nSPS) is 14.5. The summed E-state index contributed by atoms with van der Waals surface area (Å²) in [6, 6.07) is 19.9. The molecule has 2 heterocycles. The third-order valence-corrected chi connectivity index (χ3v) is 5.38. The molecule has 154 valence electrons. The summed E-state index contributed by atoms with van der Waals surface area (Å²) in [6.45, 7) is 6.82. The van der Waals surface area contributed by atoms with Crippen molar-refractivity contribution in [3.05, 3.63) is 95.3 Å². The molecule has 3 aromatic rings. The van der Waals surface area contributed by atoms with Gasteiger partial charge >= 0.3 is 0 Å². The lowest BCUT2D eigenvalue weighted by Gasteiger charge is -2.34. The van der Waals surface area contributed by atoms with Crippen LogP contribution in [-0.2, 0) is 13.2 Å². The number of rotatable bonds is 6. The number of hydrogen-bond acceptors (Lipinski definition) is 4. The summed E-state index contributed by atoms with van der Waals surface area (Å²) in [4.78, 5) is 21.3. The molecule has 5 heteroatoms. The van der Waals surface area contributed by atoms with Gasteiger partial charge in [0.05, 0.1) is 0 Å². The van der Waals surface area contributed by atoms with E-state index in [1.54, 1.807) is 12.4 Å². The van der Waals surface area contributed by atoms with Gasteiger partial charge in [-0.25, -0.2) is 0 Å². The fourth-order valence-electron chi connectivity index (χ4n) is 3.70. The highest BCUT2D eigenvalue weighted by Crippen LogP contribution is 2.17. The first-order chi connectivity index (χ1) is 14.7. The topological polar surface area (TPSA) is 45.7 Å². The summed E-state index contributed by atoms with van der Waals surface area (Å²) in [5.41, 5.74) is 4.34. The lowest BCUT2D eigenvalue weighted by atomic mass is 10.1. The highest BCUT2D eigenvalue weighted by atomic mass is 16.5. The Labute approximate surface area is 177 Å². The molecule has 1 aromatic heterocycles. The van der Waals surface area contributed by atoms with E-state index in [9.17, 15) is 4.79 Å². The molecule has 1 aliphatic rings. The minimum atomic E-state index is 0.0871. The lowest BCUT2D eigenvalue weighted by Crippen LogP contribution is -2.48. The largest absolute Gasteiger partial charge is 0.489 e. The predicted molar refractivity (Wildman–Crippen MR) is 117 cm³/mol. The van der Waals surface area contributed by atoms with Crippen molar-refractivity contribution in [1.29, 1.82) is 0 Å². The molecule has 1 amide bonds. The third-order valence-electron chi connectivity index (χ3n) is 5.38. The predicted octanol–water partition coefficient (Wildman–Crippen LogP) is 3.93. The Kier molecular flexibility index (Phi) is 6.40. The van der Waals surface area contributed by atoms with E-state index in [0.717, 1.165) is 44.0 Å². The Bertz CT molecular complexity index is 965. The van der Waals surface area contributed by atoms with Crippen molar-refractivity contribution in [3.8, 4) is 5.75 Å². The monoisotopic (exact) mass is 401 g/mol. The molecule has 0 aliphatic carbocycles. The second-order valence-corrected chi connectivity index (χ2v) is 7.73. The van der Waals surface area contributed by atoms with Crippen LogP contribution in [0, 0.1) is 6.92 Å². The number of benzene rings is 2. The van der Waals surface area contributed by atoms with Crippen LogP contribution >= 0.6 is 0 Å². The van der Waals surface area contributed by atoms with Crippen molar-refractivity contribution in [2.45, 2.75) is 20.1 Å². The van der Waals surface area contributed by atoms with E-state index in [-0.39, 0.29) is 5.91 Å². The summed E-state index contributed by atoms with van der Waals surface area (Å²) in [5, 5.41) is 0. The van der Waals surface area contributed by atoms with Crippen LogP contribution in [0.1, 0.15) is 27.0 Å². The van der Waals surface area contributed by atoms with E-state index >= 15 is 0 Å². The number of amides is 1. The zero-order valence-corrected chi connectivity index (χ0v) is 17.3. The zero-order valence-electron chi connectivity index (χ0n) is 17.3. The van der Waals surface area contributed by atoms with Gasteiger partial charge in [0, 0.05) is 56.2 Å². The van der Waals surface area contributed by atoms with E-state index in [1.807, 2.05) is 41.3 Å².